The fourth-order valence-electron chi connectivity index (χ4n) is 2.92. The van der Waals surface area contributed by atoms with Gasteiger partial charge in [-0.1, -0.05) is 43.3 Å². The van der Waals surface area contributed by atoms with Crippen LogP contribution in [-0.2, 0) is 13.0 Å². The van der Waals surface area contributed by atoms with E-state index < -0.39 is 0 Å². The maximum absolute atomic E-state index is 9.51. The summed E-state index contributed by atoms with van der Waals surface area (Å²) >= 11 is 0. The number of nitrogens with zero attached hydrogens (tertiary/aromatic N) is 1. The Bertz CT molecular complexity index is 841. The van der Waals surface area contributed by atoms with Crippen molar-refractivity contribution in [3.63, 3.8) is 0 Å². The molecule has 3 aromatic rings. The molecule has 0 aliphatic heterocycles. The standard InChI is InChI=1S/C20H20N2O2/c1-2-17-18(14-5-3-13(12-23)4-6-14)11-22-20(21)19(17)15-7-9-16(24)10-8-15/h3-11,23-24H,2,12H2,1H3,(H2,21,22). The number of aliphatic hydroxyl groups excluding tert-OH is 1. The van der Waals surface area contributed by atoms with Crippen molar-refractivity contribution in [1.29, 1.82) is 0 Å². The third kappa shape index (κ3) is 2.96. The Kier molecular flexibility index (Phi) is 4.49. The Morgan fingerprint density at radius 1 is 0.958 bits per heavy atom. The number of aromatic hydroxyl groups is 1. The Morgan fingerprint density at radius 2 is 1.58 bits per heavy atom. The predicted octanol–water partition coefficient (Wildman–Crippen LogP) is 3.76. The average Bonchev–Trinajstić information content (AvgIpc) is 2.62. The number of nitrogens with two attached hydrogens (primary N) is 1. The quantitative estimate of drug-likeness (QED) is 0.684. The molecule has 0 spiro atoms. The summed E-state index contributed by atoms with van der Waals surface area (Å²) in [4.78, 5) is 4.37. The zero-order valence-electron chi connectivity index (χ0n) is 13.5. The zero-order chi connectivity index (χ0) is 17.1. The lowest BCUT2D eigenvalue weighted by molar-refractivity contribution is 0.282. The minimum atomic E-state index is 0.0274. The van der Waals surface area contributed by atoms with Crippen molar-refractivity contribution in [2.75, 3.05) is 5.73 Å². The molecule has 122 valence electrons. The van der Waals surface area contributed by atoms with Crippen LogP contribution in [0.25, 0.3) is 22.3 Å². The molecule has 1 heterocycles. The van der Waals surface area contributed by atoms with Gasteiger partial charge in [0.05, 0.1) is 6.61 Å². The first kappa shape index (κ1) is 16.0. The molecule has 4 N–H and O–H groups in total. The number of anilines is 1. The molecule has 1 aromatic heterocycles. The van der Waals surface area contributed by atoms with E-state index in [0.717, 1.165) is 39.8 Å². The normalized spacial score (nSPS) is 10.8. The number of pyridine rings is 1. The summed E-state index contributed by atoms with van der Waals surface area (Å²) in [5.74, 6) is 0.701. The molecule has 4 nitrogen and oxygen atoms in total. The molecule has 0 radical (unpaired) electrons. The molecule has 0 atom stereocenters. The molecule has 0 saturated carbocycles. The number of phenols is 1. The van der Waals surface area contributed by atoms with E-state index in [4.69, 9.17) is 5.73 Å². The smallest absolute Gasteiger partial charge is 0.131 e. The molecule has 3 rings (SSSR count). The van der Waals surface area contributed by atoms with Gasteiger partial charge in [-0.15, -0.1) is 0 Å². The summed E-state index contributed by atoms with van der Waals surface area (Å²) in [6.45, 7) is 2.12. The van der Waals surface area contributed by atoms with Crippen LogP contribution in [0.2, 0.25) is 0 Å². The minimum Gasteiger partial charge on any atom is -0.508 e. The van der Waals surface area contributed by atoms with Gasteiger partial charge in [0, 0.05) is 17.3 Å². The van der Waals surface area contributed by atoms with Gasteiger partial charge in [0.15, 0.2) is 0 Å². The molecule has 0 unspecified atom stereocenters. The fourth-order valence-corrected chi connectivity index (χ4v) is 2.92. The van der Waals surface area contributed by atoms with E-state index in [2.05, 4.69) is 11.9 Å². The second kappa shape index (κ2) is 6.72. The van der Waals surface area contributed by atoms with Crippen molar-refractivity contribution >= 4 is 5.82 Å². The number of aromatic nitrogens is 1. The largest absolute Gasteiger partial charge is 0.508 e. The van der Waals surface area contributed by atoms with Gasteiger partial charge in [0.25, 0.3) is 0 Å². The Balaban J connectivity index is 2.17. The number of hydrogen-bond donors (Lipinski definition) is 3. The van der Waals surface area contributed by atoms with Crippen LogP contribution in [0.1, 0.15) is 18.1 Å². The maximum atomic E-state index is 9.51. The molecule has 0 amide bonds. The highest BCUT2D eigenvalue weighted by molar-refractivity contribution is 5.84. The van der Waals surface area contributed by atoms with Crippen LogP contribution in [0.4, 0.5) is 5.82 Å². The van der Waals surface area contributed by atoms with Crippen LogP contribution in [0.5, 0.6) is 5.75 Å². The van der Waals surface area contributed by atoms with Crippen molar-refractivity contribution in [1.82, 2.24) is 4.98 Å². The van der Waals surface area contributed by atoms with Gasteiger partial charge in [-0.25, -0.2) is 4.98 Å². The van der Waals surface area contributed by atoms with E-state index in [1.165, 1.54) is 0 Å². The number of rotatable bonds is 4. The molecule has 0 saturated heterocycles. The average molecular weight is 320 g/mol. The molecular weight excluding hydrogens is 300 g/mol. The van der Waals surface area contributed by atoms with Crippen LogP contribution < -0.4 is 5.73 Å². The number of aliphatic hydroxyl groups is 1. The van der Waals surface area contributed by atoms with E-state index in [0.29, 0.717) is 5.82 Å². The number of benzene rings is 2. The summed E-state index contributed by atoms with van der Waals surface area (Å²) in [6.07, 6.45) is 2.60. The van der Waals surface area contributed by atoms with Crippen LogP contribution in [0.15, 0.2) is 54.7 Å². The SMILES string of the molecule is CCc1c(-c2ccc(CO)cc2)cnc(N)c1-c1ccc(O)cc1. The zero-order valence-corrected chi connectivity index (χ0v) is 13.5. The van der Waals surface area contributed by atoms with Crippen molar-refractivity contribution < 1.29 is 10.2 Å². The van der Waals surface area contributed by atoms with Gasteiger partial charge in [-0.3, -0.25) is 0 Å². The van der Waals surface area contributed by atoms with Gasteiger partial charge < -0.3 is 15.9 Å². The molecular formula is C20H20N2O2. The fraction of sp³-hybridized carbons (Fsp3) is 0.150. The first-order valence-electron chi connectivity index (χ1n) is 7.91. The first-order valence-corrected chi connectivity index (χ1v) is 7.91. The van der Waals surface area contributed by atoms with E-state index >= 15 is 0 Å². The first-order chi connectivity index (χ1) is 11.6. The van der Waals surface area contributed by atoms with E-state index in [-0.39, 0.29) is 12.4 Å². The molecule has 24 heavy (non-hydrogen) atoms. The Hall–Kier alpha value is -2.85. The Labute approximate surface area is 141 Å². The topological polar surface area (TPSA) is 79.4 Å². The van der Waals surface area contributed by atoms with Crippen LogP contribution in [0, 0.1) is 0 Å². The second-order valence-electron chi connectivity index (χ2n) is 5.67. The van der Waals surface area contributed by atoms with Crippen molar-refractivity contribution in [2.45, 2.75) is 20.0 Å². The summed E-state index contributed by atoms with van der Waals surface area (Å²) in [5.41, 5.74) is 12.0. The van der Waals surface area contributed by atoms with Crippen LogP contribution in [0.3, 0.4) is 0 Å². The van der Waals surface area contributed by atoms with Gasteiger partial charge in [0.2, 0.25) is 0 Å². The summed E-state index contributed by atoms with van der Waals surface area (Å²) < 4.78 is 0. The molecule has 4 heteroatoms. The highest BCUT2D eigenvalue weighted by Crippen LogP contribution is 2.36. The summed E-state index contributed by atoms with van der Waals surface area (Å²) in [7, 11) is 0. The van der Waals surface area contributed by atoms with E-state index in [1.54, 1.807) is 18.3 Å². The third-order valence-electron chi connectivity index (χ3n) is 4.17. The molecule has 0 fully saturated rings. The highest BCUT2D eigenvalue weighted by atomic mass is 16.3. The number of hydrogen-bond acceptors (Lipinski definition) is 4. The maximum Gasteiger partial charge on any atom is 0.131 e. The molecule has 0 aliphatic carbocycles. The monoisotopic (exact) mass is 320 g/mol. The predicted molar refractivity (Wildman–Crippen MR) is 96.5 cm³/mol. The highest BCUT2D eigenvalue weighted by Gasteiger charge is 2.15. The molecule has 0 bridgehead atoms. The molecule has 0 aliphatic rings. The van der Waals surface area contributed by atoms with Crippen molar-refractivity contribution in [3.05, 3.63) is 65.9 Å². The lowest BCUT2D eigenvalue weighted by Crippen LogP contribution is -2.01. The van der Waals surface area contributed by atoms with E-state index in [9.17, 15) is 10.2 Å². The van der Waals surface area contributed by atoms with Crippen molar-refractivity contribution in [3.8, 4) is 28.0 Å². The number of phenolic OH excluding ortho intramolecular Hbond substituents is 1. The summed E-state index contributed by atoms with van der Waals surface area (Å²) in [5, 5.41) is 18.7. The number of nitrogen functional groups attached to an aromatic ring is 1. The molecule has 2 aromatic carbocycles. The lowest BCUT2D eigenvalue weighted by atomic mass is 9.91. The van der Waals surface area contributed by atoms with Gasteiger partial charge in [-0.05, 0) is 40.8 Å². The third-order valence-corrected chi connectivity index (χ3v) is 4.17. The summed E-state index contributed by atoms with van der Waals surface area (Å²) in [6, 6.07) is 14.8. The van der Waals surface area contributed by atoms with E-state index in [1.807, 2.05) is 36.4 Å². The van der Waals surface area contributed by atoms with Gasteiger partial charge in [-0.2, -0.15) is 0 Å². The minimum absolute atomic E-state index is 0.0274. The van der Waals surface area contributed by atoms with Crippen LogP contribution in [-0.4, -0.2) is 15.2 Å². The Morgan fingerprint density at radius 3 is 2.17 bits per heavy atom. The van der Waals surface area contributed by atoms with Gasteiger partial charge >= 0.3 is 0 Å². The van der Waals surface area contributed by atoms with Crippen LogP contribution >= 0.6 is 0 Å². The second-order valence-corrected chi connectivity index (χ2v) is 5.67. The lowest BCUT2D eigenvalue weighted by Gasteiger charge is -2.16. The van der Waals surface area contributed by atoms with Gasteiger partial charge in [0.1, 0.15) is 11.6 Å². The van der Waals surface area contributed by atoms with Crippen molar-refractivity contribution in [2.24, 2.45) is 0 Å².